The Labute approximate surface area is 208 Å². The molecule has 0 spiro atoms. The average Bonchev–Trinajstić information content (AvgIpc) is 2.86. The largest absolute Gasteiger partial charge is 0.481 e. The zero-order valence-electron chi connectivity index (χ0n) is 21.0. The molecule has 1 N–H and O–H groups in total. The van der Waals surface area contributed by atoms with Gasteiger partial charge in [-0.25, -0.2) is 9.97 Å². The van der Waals surface area contributed by atoms with E-state index in [4.69, 9.17) is 19.8 Å². The molecular weight excluding hydrogens is 438 g/mol. The second-order valence-corrected chi connectivity index (χ2v) is 9.42. The van der Waals surface area contributed by atoms with E-state index in [1.165, 1.54) is 11.1 Å². The molecular formula is C29H35N3O3. The van der Waals surface area contributed by atoms with Crippen molar-refractivity contribution in [2.75, 3.05) is 25.1 Å². The highest BCUT2D eigenvalue weighted by Gasteiger charge is 2.30. The molecule has 0 amide bonds. The number of hydrogen-bond acceptors (Lipinski definition) is 5. The first kappa shape index (κ1) is 24.9. The summed E-state index contributed by atoms with van der Waals surface area (Å²) in [4.78, 5) is 23.5. The predicted octanol–water partition coefficient (Wildman–Crippen LogP) is 6.36. The highest BCUT2D eigenvalue weighted by molar-refractivity contribution is 5.80. The third-order valence-electron chi connectivity index (χ3n) is 6.67. The molecule has 1 unspecified atom stereocenters. The van der Waals surface area contributed by atoms with E-state index in [0.29, 0.717) is 0 Å². The van der Waals surface area contributed by atoms with Gasteiger partial charge >= 0.3 is 5.97 Å². The standard InChI is InChI=1S/C29H35N3O3/c1-20-9-13-22(14-10-20)26-27(23-15-11-21(2)12-16-23)31-29-28(30-26)24(35-3)17-19-32(29)18-7-5-4-6-8-25(33)34/h9-16,24H,4-8,17-19H2,1-3H3,(H,33,34). The van der Waals surface area contributed by atoms with Gasteiger partial charge in [0.25, 0.3) is 0 Å². The number of carbonyl (C=O) groups is 1. The molecule has 35 heavy (non-hydrogen) atoms. The summed E-state index contributed by atoms with van der Waals surface area (Å²) in [6, 6.07) is 16.9. The molecule has 1 atom stereocenters. The first-order valence-corrected chi connectivity index (χ1v) is 12.5. The summed E-state index contributed by atoms with van der Waals surface area (Å²) >= 11 is 0. The van der Waals surface area contributed by atoms with Gasteiger partial charge < -0.3 is 14.7 Å². The minimum atomic E-state index is -0.719. The van der Waals surface area contributed by atoms with Gasteiger partial charge in [0.15, 0.2) is 5.82 Å². The number of aromatic nitrogens is 2. The maximum atomic E-state index is 10.8. The molecule has 1 aromatic heterocycles. The summed E-state index contributed by atoms with van der Waals surface area (Å²) in [7, 11) is 1.74. The van der Waals surface area contributed by atoms with E-state index in [1.807, 2.05) is 0 Å². The number of unbranched alkanes of at least 4 members (excludes halogenated alkanes) is 3. The van der Waals surface area contributed by atoms with E-state index in [-0.39, 0.29) is 12.5 Å². The molecule has 2 aromatic carbocycles. The summed E-state index contributed by atoms with van der Waals surface area (Å²) < 4.78 is 5.83. The van der Waals surface area contributed by atoms with Crippen molar-refractivity contribution in [1.29, 1.82) is 0 Å². The fraction of sp³-hybridized carbons (Fsp3) is 0.414. The number of carboxylic acid groups (broad SMARTS) is 1. The number of rotatable bonds is 10. The second-order valence-electron chi connectivity index (χ2n) is 9.42. The van der Waals surface area contributed by atoms with Crippen LogP contribution in [0.25, 0.3) is 22.5 Å². The maximum Gasteiger partial charge on any atom is 0.303 e. The van der Waals surface area contributed by atoms with E-state index >= 15 is 0 Å². The van der Waals surface area contributed by atoms with Crippen LogP contribution in [0.5, 0.6) is 0 Å². The molecule has 3 aromatic rings. The Morgan fingerprint density at radius 2 is 1.49 bits per heavy atom. The van der Waals surface area contributed by atoms with Crippen molar-refractivity contribution in [3.05, 3.63) is 65.4 Å². The average molecular weight is 474 g/mol. The van der Waals surface area contributed by atoms with Crippen LogP contribution in [0.4, 0.5) is 5.82 Å². The second kappa shape index (κ2) is 11.5. The van der Waals surface area contributed by atoms with Gasteiger partial charge in [-0.15, -0.1) is 0 Å². The van der Waals surface area contributed by atoms with Crippen LogP contribution in [0.1, 0.15) is 61.4 Å². The van der Waals surface area contributed by atoms with Crippen molar-refractivity contribution in [2.45, 2.75) is 58.5 Å². The van der Waals surface area contributed by atoms with Crippen molar-refractivity contribution in [3.63, 3.8) is 0 Å². The Balaban J connectivity index is 1.68. The van der Waals surface area contributed by atoms with E-state index in [9.17, 15) is 4.79 Å². The Bertz CT molecular complexity index is 1140. The monoisotopic (exact) mass is 473 g/mol. The molecule has 6 nitrogen and oxygen atoms in total. The number of aryl methyl sites for hydroxylation is 2. The fourth-order valence-electron chi connectivity index (χ4n) is 4.61. The number of anilines is 1. The number of methoxy groups -OCH3 is 1. The van der Waals surface area contributed by atoms with Gasteiger partial charge in [0.1, 0.15) is 11.8 Å². The quantitative estimate of drug-likeness (QED) is 0.345. The van der Waals surface area contributed by atoms with Crippen LogP contribution in [0.15, 0.2) is 48.5 Å². The Hall–Kier alpha value is -3.25. The number of carboxylic acids is 1. The molecule has 1 aliphatic heterocycles. The lowest BCUT2D eigenvalue weighted by Gasteiger charge is -2.34. The van der Waals surface area contributed by atoms with Crippen LogP contribution in [-0.2, 0) is 9.53 Å². The number of ether oxygens (including phenoxy) is 1. The highest BCUT2D eigenvalue weighted by Crippen LogP contribution is 2.39. The third-order valence-corrected chi connectivity index (χ3v) is 6.67. The number of hydrogen-bond donors (Lipinski definition) is 1. The lowest BCUT2D eigenvalue weighted by molar-refractivity contribution is -0.137. The van der Waals surface area contributed by atoms with Gasteiger partial charge in [-0.3, -0.25) is 4.79 Å². The minimum Gasteiger partial charge on any atom is -0.481 e. The molecule has 184 valence electrons. The summed E-state index contributed by atoms with van der Waals surface area (Å²) in [5.74, 6) is 0.184. The molecule has 0 bridgehead atoms. The summed E-state index contributed by atoms with van der Waals surface area (Å²) in [6.07, 6.45) is 4.70. The topological polar surface area (TPSA) is 75.5 Å². The van der Waals surface area contributed by atoms with Gasteiger partial charge in [-0.05, 0) is 33.1 Å². The molecule has 0 radical (unpaired) electrons. The van der Waals surface area contributed by atoms with Crippen LogP contribution in [0.3, 0.4) is 0 Å². The zero-order valence-corrected chi connectivity index (χ0v) is 21.0. The fourth-order valence-corrected chi connectivity index (χ4v) is 4.61. The minimum absolute atomic E-state index is 0.0828. The van der Waals surface area contributed by atoms with Gasteiger partial charge in [0, 0.05) is 37.7 Å². The SMILES string of the molecule is COC1CCN(CCCCCCC(=O)O)c2nc(-c3ccc(C)cc3)c(-c3ccc(C)cc3)nc21. The summed E-state index contributed by atoms with van der Waals surface area (Å²) in [6.45, 7) is 5.92. The third kappa shape index (κ3) is 6.06. The van der Waals surface area contributed by atoms with Crippen molar-refractivity contribution < 1.29 is 14.6 Å². The highest BCUT2D eigenvalue weighted by atomic mass is 16.5. The van der Waals surface area contributed by atoms with Crippen LogP contribution in [0.2, 0.25) is 0 Å². The molecule has 4 rings (SSSR count). The van der Waals surface area contributed by atoms with E-state index in [2.05, 4.69) is 67.3 Å². The summed E-state index contributed by atoms with van der Waals surface area (Å²) in [5.41, 5.74) is 7.18. The molecule has 0 fully saturated rings. The number of aliphatic carboxylic acids is 1. The lowest BCUT2D eigenvalue weighted by atomic mass is 10.00. The first-order chi connectivity index (χ1) is 17.0. The van der Waals surface area contributed by atoms with Crippen LogP contribution in [-0.4, -0.2) is 41.2 Å². The predicted molar refractivity (Wildman–Crippen MR) is 140 cm³/mol. The van der Waals surface area contributed by atoms with Crippen molar-refractivity contribution in [2.24, 2.45) is 0 Å². The number of benzene rings is 2. The smallest absolute Gasteiger partial charge is 0.303 e. The first-order valence-electron chi connectivity index (χ1n) is 12.5. The molecule has 0 saturated carbocycles. The molecule has 0 aliphatic carbocycles. The van der Waals surface area contributed by atoms with Crippen molar-refractivity contribution in [3.8, 4) is 22.5 Å². The number of nitrogens with zero attached hydrogens (tertiary/aromatic N) is 3. The van der Waals surface area contributed by atoms with E-state index < -0.39 is 5.97 Å². The van der Waals surface area contributed by atoms with Crippen LogP contribution >= 0.6 is 0 Å². The molecule has 0 saturated heterocycles. The molecule has 6 heteroatoms. The number of fused-ring (bicyclic) bond motifs is 1. The van der Waals surface area contributed by atoms with Crippen molar-refractivity contribution >= 4 is 11.8 Å². The Morgan fingerprint density at radius 1 is 0.914 bits per heavy atom. The maximum absolute atomic E-state index is 10.8. The van der Waals surface area contributed by atoms with Crippen LogP contribution in [0, 0.1) is 13.8 Å². The van der Waals surface area contributed by atoms with Crippen LogP contribution < -0.4 is 4.90 Å². The van der Waals surface area contributed by atoms with Gasteiger partial charge in [-0.2, -0.15) is 0 Å². The van der Waals surface area contributed by atoms with E-state index in [0.717, 1.165) is 79.2 Å². The van der Waals surface area contributed by atoms with Gasteiger partial charge in [-0.1, -0.05) is 72.5 Å². The zero-order chi connectivity index (χ0) is 24.8. The normalized spacial score (nSPS) is 15.2. The van der Waals surface area contributed by atoms with Gasteiger partial charge in [0.05, 0.1) is 11.4 Å². The Morgan fingerprint density at radius 3 is 2.06 bits per heavy atom. The van der Waals surface area contributed by atoms with Crippen molar-refractivity contribution in [1.82, 2.24) is 9.97 Å². The van der Waals surface area contributed by atoms with Gasteiger partial charge in [0.2, 0.25) is 0 Å². The summed E-state index contributed by atoms with van der Waals surface area (Å²) in [5, 5.41) is 8.85. The molecule has 1 aliphatic rings. The van der Waals surface area contributed by atoms with E-state index in [1.54, 1.807) is 7.11 Å². The molecule has 2 heterocycles. The lowest BCUT2D eigenvalue weighted by Crippen LogP contribution is -2.34. The Kier molecular flexibility index (Phi) is 8.13.